The molecule has 0 saturated carbocycles. The van der Waals surface area contributed by atoms with Gasteiger partial charge in [-0.25, -0.2) is 4.98 Å². The first kappa shape index (κ1) is 13.4. The molecule has 1 amide bonds. The van der Waals surface area contributed by atoms with E-state index in [4.69, 9.17) is 5.73 Å². The van der Waals surface area contributed by atoms with Crippen LogP contribution in [0.15, 0.2) is 53.7 Å². The molecule has 0 bridgehead atoms. The van der Waals surface area contributed by atoms with E-state index in [1.54, 1.807) is 42.2 Å². The molecule has 1 heterocycles. The molecular weight excluding hydrogens is 258 g/mol. The number of hydrogen-bond acceptors (Lipinski definition) is 4. The summed E-state index contributed by atoms with van der Waals surface area (Å²) in [4.78, 5) is 15.9. The average molecular weight is 273 g/mol. The molecule has 0 radical (unpaired) electrons. The Balaban J connectivity index is 1.74. The van der Waals surface area contributed by atoms with Gasteiger partial charge in [0.05, 0.1) is 5.03 Å². The zero-order valence-electron chi connectivity index (χ0n) is 10.4. The molecule has 0 aliphatic rings. The lowest BCUT2D eigenvalue weighted by Gasteiger charge is -2.05. The highest BCUT2D eigenvalue weighted by atomic mass is 32.2. The molecule has 0 aliphatic carbocycles. The minimum absolute atomic E-state index is 0.00629. The first-order valence-corrected chi connectivity index (χ1v) is 6.92. The van der Waals surface area contributed by atoms with Crippen molar-refractivity contribution in [3.63, 3.8) is 0 Å². The number of rotatable bonds is 5. The molecular formula is C14H15N3OS. The van der Waals surface area contributed by atoms with E-state index in [1.807, 2.05) is 18.2 Å². The van der Waals surface area contributed by atoms with Crippen LogP contribution in [0.1, 0.15) is 6.42 Å². The fraction of sp³-hybridized carbons (Fsp3) is 0.143. The average Bonchev–Trinajstić information content (AvgIpc) is 2.43. The van der Waals surface area contributed by atoms with Gasteiger partial charge in [-0.15, -0.1) is 11.8 Å². The molecule has 2 aromatic rings. The second-order valence-corrected chi connectivity index (χ2v) is 5.05. The van der Waals surface area contributed by atoms with Crippen LogP contribution in [0.2, 0.25) is 0 Å². The molecule has 0 spiro atoms. The highest BCUT2D eigenvalue weighted by molar-refractivity contribution is 7.99. The number of benzene rings is 1. The summed E-state index contributed by atoms with van der Waals surface area (Å²) in [5.74, 6) is 0.700. The zero-order valence-corrected chi connectivity index (χ0v) is 11.2. The number of nitrogens with one attached hydrogen (secondary N) is 1. The van der Waals surface area contributed by atoms with Gasteiger partial charge in [-0.05, 0) is 36.4 Å². The molecule has 0 saturated heterocycles. The number of aromatic nitrogens is 1. The van der Waals surface area contributed by atoms with Crippen LogP contribution in [0.4, 0.5) is 11.4 Å². The summed E-state index contributed by atoms with van der Waals surface area (Å²) in [6, 6.07) is 12.8. The lowest BCUT2D eigenvalue weighted by atomic mass is 10.3. The molecule has 0 atom stereocenters. The number of thioether (sulfide) groups is 1. The van der Waals surface area contributed by atoms with Gasteiger partial charge in [0.15, 0.2) is 0 Å². The molecule has 3 N–H and O–H groups in total. The maximum Gasteiger partial charge on any atom is 0.225 e. The van der Waals surface area contributed by atoms with Crippen molar-refractivity contribution < 1.29 is 4.79 Å². The van der Waals surface area contributed by atoms with Crippen LogP contribution in [0.5, 0.6) is 0 Å². The number of anilines is 2. The number of carbonyl (C=O) groups is 1. The Hall–Kier alpha value is -2.01. The number of nitrogens with two attached hydrogens (primary N) is 1. The number of nitrogens with zero attached hydrogens (tertiary/aromatic N) is 1. The number of hydrogen-bond donors (Lipinski definition) is 2. The first-order valence-electron chi connectivity index (χ1n) is 5.93. The second kappa shape index (κ2) is 6.80. The summed E-state index contributed by atoms with van der Waals surface area (Å²) >= 11 is 1.57. The Morgan fingerprint density at radius 3 is 2.68 bits per heavy atom. The summed E-state index contributed by atoms with van der Waals surface area (Å²) in [6.07, 6.45) is 2.20. The Morgan fingerprint density at radius 2 is 2.00 bits per heavy atom. The van der Waals surface area contributed by atoms with Crippen LogP contribution in [-0.4, -0.2) is 16.6 Å². The Morgan fingerprint density at radius 1 is 1.21 bits per heavy atom. The van der Waals surface area contributed by atoms with E-state index < -0.39 is 0 Å². The van der Waals surface area contributed by atoms with Gasteiger partial charge in [0.1, 0.15) is 0 Å². The van der Waals surface area contributed by atoms with Crippen LogP contribution in [-0.2, 0) is 4.79 Å². The van der Waals surface area contributed by atoms with Crippen molar-refractivity contribution >= 4 is 29.0 Å². The van der Waals surface area contributed by atoms with Crippen molar-refractivity contribution in [2.45, 2.75) is 11.4 Å². The molecule has 1 aromatic heterocycles. The standard InChI is InChI=1S/C14H15N3OS/c15-11-4-6-12(7-5-11)17-13(18)8-10-19-14-3-1-2-9-16-14/h1-7,9H,8,10,15H2,(H,17,18). The number of carbonyl (C=O) groups excluding carboxylic acids is 1. The summed E-state index contributed by atoms with van der Waals surface area (Å²) in [6.45, 7) is 0. The van der Waals surface area contributed by atoms with E-state index in [9.17, 15) is 4.79 Å². The van der Waals surface area contributed by atoms with Crippen molar-refractivity contribution in [3.8, 4) is 0 Å². The second-order valence-electron chi connectivity index (χ2n) is 3.94. The fourth-order valence-electron chi connectivity index (χ4n) is 1.47. The molecule has 4 nitrogen and oxygen atoms in total. The smallest absolute Gasteiger partial charge is 0.225 e. The van der Waals surface area contributed by atoms with E-state index >= 15 is 0 Å². The van der Waals surface area contributed by atoms with Gasteiger partial charge in [0.2, 0.25) is 5.91 Å². The zero-order chi connectivity index (χ0) is 13.5. The summed E-state index contributed by atoms with van der Waals surface area (Å²) in [7, 11) is 0. The number of amides is 1. The van der Waals surface area contributed by atoms with E-state index in [1.165, 1.54) is 0 Å². The molecule has 0 aliphatic heterocycles. The third-order valence-electron chi connectivity index (χ3n) is 2.41. The van der Waals surface area contributed by atoms with E-state index in [0.29, 0.717) is 17.9 Å². The van der Waals surface area contributed by atoms with Crippen LogP contribution >= 0.6 is 11.8 Å². The SMILES string of the molecule is Nc1ccc(NC(=O)CCSc2ccccn2)cc1. The quantitative estimate of drug-likeness (QED) is 0.649. The highest BCUT2D eigenvalue weighted by Gasteiger charge is 2.03. The van der Waals surface area contributed by atoms with Gasteiger partial charge in [-0.2, -0.15) is 0 Å². The van der Waals surface area contributed by atoms with E-state index in [0.717, 1.165) is 10.7 Å². The van der Waals surface area contributed by atoms with Gasteiger partial charge in [0.25, 0.3) is 0 Å². The van der Waals surface area contributed by atoms with E-state index in [2.05, 4.69) is 10.3 Å². The highest BCUT2D eigenvalue weighted by Crippen LogP contribution is 2.16. The molecule has 98 valence electrons. The van der Waals surface area contributed by atoms with Gasteiger partial charge in [-0.1, -0.05) is 6.07 Å². The number of nitrogen functional groups attached to an aromatic ring is 1. The number of pyridine rings is 1. The van der Waals surface area contributed by atoms with Crippen molar-refractivity contribution in [1.29, 1.82) is 0 Å². The largest absolute Gasteiger partial charge is 0.399 e. The monoisotopic (exact) mass is 273 g/mol. The van der Waals surface area contributed by atoms with Crippen LogP contribution in [0.3, 0.4) is 0 Å². The fourth-order valence-corrected chi connectivity index (χ4v) is 2.28. The third-order valence-corrected chi connectivity index (χ3v) is 3.36. The van der Waals surface area contributed by atoms with Gasteiger partial charge in [0, 0.05) is 29.7 Å². The summed E-state index contributed by atoms with van der Waals surface area (Å²) in [5, 5.41) is 3.76. The van der Waals surface area contributed by atoms with Crippen molar-refractivity contribution in [1.82, 2.24) is 4.98 Å². The van der Waals surface area contributed by atoms with Crippen molar-refractivity contribution in [2.24, 2.45) is 0 Å². The Bertz CT molecular complexity index is 528. The molecule has 1 aromatic carbocycles. The van der Waals surface area contributed by atoms with Crippen LogP contribution in [0, 0.1) is 0 Å². The van der Waals surface area contributed by atoms with Crippen LogP contribution in [0.25, 0.3) is 0 Å². The first-order chi connectivity index (χ1) is 9.24. The third kappa shape index (κ3) is 4.63. The normalized spacial score (nSPS) is 10.1. The lowest BCUT2D eigenvalue weighted by Crippen LogP contribution is -2.12. The minimum Gasteiger partial charge on any atom is -0.399 e. The molecule has 19 heavy (non-hydrogen) atoms. The summed E-state index contributed by atoms with van der Waals surface area (Å²) in [5.41, 5.74) is 7.03. The molecule has 0 fully saturated rings. The van der Waals surface area contributed by atoms with Gasteiger partial charge in [-0.3, -0.25) is 4.79 Å². The maximum atomic E-state index is 11.7. The minimum atomic E-state index is -0.00629. The molecule has 5 heteroatoms. The Kier molecular flexibility index (Phi) is 4.80. The predicted octanol–water partition coefficient (Wildman–Crippen LogP) is 2.78. The summed E-state index contributed by atoms with van der Waals surface area (Å²) < 4.78 is 0. The topological polar surface area (TPSA) is 68.0 Å². The van der Waals surface area contributed by atoms with Gasteiger partial charge >= 0.3 is 0 Å². The molecule has 0 unspecified atom stereocenters. The Labute approximate surface area is 116 Å². The van der Waals surface area contributed by atoms with Crippen LogP contribution < -0.4 is 11.1 Å². The lowest BCUT2D eigenvalue weighted by molar-refractivity contribution is -0.115. The maximum absolute atomic E-state index is 11.7. The van der Waals surface area contributed by atoms with Gasteiger partial charge < -0.3 is 11.1 Å². The van der Waals surface area contributed by atoms with E-state index in [-0.39, 0.29) is 5.91 Å². The van der Waals surface area contributed by atoms with Crippen molar-refractivity contribution in [2.75, 3.05) is 16.8 Å². The predicted molar refractivity (Wildman–Crippen MR) is 79.1 cm³/mol. The molecule has 2 rings (SSSR count). The van der Waals surface area contributed by atoms with Crippen molar-refractivity contribution in [3.05, 3.63) is 48.7 Å².